The van der Waals surface area contributed by atoms with E-state index in [1.54, 1.807) is 37.5 Å². The zero-order chi connectivity index (χ0) is 26.4. The van der Waals surface area contributed by atoms with Gasteiger partial charge in [0.25, 0.3) is 5.91 Å². The minimum absolute atomic E-state index is 0.106. The number of thiophene rings is 1. The maximum Gasteiger partial charge on any atom is 0.251 e. The number of fused-ring (bicyclic) bond motifs is 1. The first kappa shape index (κ1) is 26.4. The van der Waals surface area contributed by atoms with Crippen LogP contribution in [0.15, 0.2) is 42.1 Å². The van der Waals surface area contributed by atoms with Crippen LogP contribution in [-0.4, -0.2) is 39.4 Å². The Kier molecular flexibility index (Phi) is 8.63. The number of benzene rings is 1. The van der Waals surface area contributed by atoms with Crippen molar-refractivity contribution in [2.45, 2.75) is 50.4 Å². The Morgan fingerprint density at radius 2 is 2.05 bits per heavy atom. The van der Waals surface area contributed by atoms with E-state index in [4.69, 9.17) is 4.74 Å². The van der Waals surface area contributed by atoms with Crippen molar-refractivity contribution < 1.29 is 14.3 Å². The van der Waals surface area contributed by atoms with Crippen LogP contribution < -0.4 is 15.4 Å². The molecule has 1 aliphatic carbocycles. The molecule has 3 aromatic rings. The number of thioether (sulfide) groups is 1. The number of hydrogen-bond acceptors (Lipinski definition) is 8. The van der Waals surface area contributed by atoms with Crippen LogP contribution in [-0.2, 0) is 24.2 Å². The van der Waals surface area contributed by atoms with E-state index in [9.17, 15) is 14.9 Å². The summed E-state index contributed by atoms with van der Waals surface area (Å²) >= 11 is 2.75. The predicted molar refractivity (Wildman–Crippen MR) is 144 cm³/mol. The molecule has 37 heavy (non-hydrogen) atoms. The number of hydrogen-bond donors (Lipinski definition) is 2. The molecule has 11 heteroatoms. The fourth-order valence-electron chi connectivity index (χ4n) is 4.18. The SMILES string of the molecule is C=CCn1c(SCC(=O)Nc2sc3c(c2C#N)CCCC3)nnc1C(C)NC(=O)c1ccc(OC)cc1. The first-order chi connectivity index (χ1) is 17.9. The minimum Gasteiger partial charge on any atom is -0.497 e. The third-order valence-electron chi connectivity index (χ3n) is 6.01. The number of nitrogens with zero attached hydrogens (tertiary/aromatic N) is 4. The molecule has 1 unspecified atom stereocenters. The van der Waals surface area contributed by atoms with Crippen molar-refractivity contribution in [1.29, 1.82) is 5.26 Å². The summed E-state index contributed by atoms with van der Waals surface area (Å²) < 4.78 is 6.97. The van der Waals surface area contributed by atoms with Crippen LogP contribution in [0.5, 0.6) is 5.75 Å². The molecule has 0 radical (unpaired) electrons. The highest BCUT2D eigenvalue weighted by atomic mass is 32.2. The smallest absolute Gasteiger partial charge is 0.251 e. The lowest BCUT2D eigenvalue weighted by Gasteiger charge is -2.15. The van der Waals surface area contributed by atoms with Crippen molar-refractivity contribution in [3.8, 4) is 11.8 Å². The summed E-state index contributed by atoms with van der Waals surface area (Å²) in [6.07, 6.45) is 5.74. The molecule has 2 amide bonds. The normalized spacial score (nSPS) is 13.2. The second-order valence-corrected chi connectivity index (χ2v) is 10.6. The molecular weight excluding hydrogens is 508 g/mol. The van der Waals surface area contributed by atoms with Gasteiger partial charge in [-0.3, -0.25) is 9.59 Å². The molecule has 1 aliphatic rings. The molecule has 0 spiro atoms. The summed E-state index contributed by atoms with van der Waals surface area (Å²) in [7, 11) is 1.57. The van der Waals surface area contributed by atoms with E-state index in [1.807, 2.05) is 11.5 Å². The van der Waals surface area contributed by atoms with E-state index in [1.165, 1.54) is 28.0 Å². The lowest BCUT2D eigenvalue weighted by Crippen LogP contribution is -2.28. The molecule has 0 aliphatic heterocycles. The van der Waals surface area contributed by atoms with Gasteiger partial charge < -0.3 is 19.9 Å². The van der Waals surface area contributed by atoms with E-state index in [2.05, 4.69) is 33.5 Å². The maximum absolute atomic E-state index is 12.7. The van der Waals surface area contributed by atoms with E-state index >= 15 is 0 Å². The molecule has 9 nitrogen and oxygen atoms in total. The van der Waals surface area contributed by atoms with E-state index < -0.39 is 6.04 Å². The van der Waals surface area contributed by atoms with Gasteiger partial charge in [-0.25, -0.2) is 0 Å². The molecule has 0 fully saturated rings. The second-order valence-electron chi connectivity index (χ2n) is 8.53. The van der Waals surface area contributed by atoms with Gasteiger partial charge in [0.15, 0.2) is 11.0 Å². The van der Waals surface area contributed by atoms with Crippen LogP contribution in [0.3, 0.4) is 0 Å². The summed E-state index contributed by atoms with van der Waals surface area (Å²) in [5, 5.41) is 25.2. The van der Waals surface area contributed by atoms with Gasteiger partial charge in [0.2, 0.25) is 5.91 Å². The molecule has 0 bridgehead atoms. The fourth-order valence-corrected chi connectivity index (χ4v) is 6.19. The van der Waals surface area contributed by atoms with Gasteiger partial charge in [-0.05, 0) is 62.4 Å². The third-order valence-corrected chi connectivity index (χ3v) is 8.19. The highest BCUT2D eigenvalue weighted by Gasteiger charge is 2.23. The summed E-state index contributed by atoms with van der Waals surface area (Å²) in [6.45, 7) is 6.06. The fraction of sp³-hybridized carbons (Fsp3) is 0.346. The van der Waals surface area contributed by atoms with Crippen LogP contribution >= 0.6 is 23.1 Å². The summed E-state index contributed by atoms with van der Waals surface area (Å²) in [4.78, 5) is 26.7. The Hall–Kier alpha value is -3.62. The van der Waals surface area contributed by atoms with E-state index in [0.29, 0.717) is 39.4 Å². The molecule has 1 atom stereocenters. The van der Waals surface area contributed by atoms with Crippen LogP contribution in [0.2, 0.25) is 0 Å². The number of anilines is 1. The van der Waals surface area contributed by atoms with Crippen LogP contribution in [0.4, 0.5) is 5.00 Å². The van der Waals surface area contributed by atoms with Crippen LogP contribution in [0.25, 0.3) is 0 Å². The van der Waals surface area contributed by atoms with Crippen molar-refractivity contribution in [2.24, 2.45) is 0 Å². The molecule has 4 rings (SSSR count). The van der Waals surface area contributed by atoms with Crippen molar-refractivity contribution in [2.75, 3.05) is 18.2 Å². The molecule has 1 aromatic carbocycles. The Labute approximate surface area is 223 Å². The molecule has 2 N–H and O–H groups in total. The highest BCUT2D eigenvalue weighted by Crippen LogP contribution is 2.37. The quantitative estimate of drug-likeness (QED) is 0.289. The average Bonchev–Trinajstić information content (AvgIpc) is 3.48. The number of rotatable bonds is 10. The first-order valence-electron chi connectivity index (χ1n) is 11.9. The zero-order valence-electron chi connectivity index (χ0n) is 20.7. The zero-order valence-corrected chi connectivity index (χ0v) is 22.4. The van der Waals surface area contributed by atoms with Gasteiger partial charge >= 0.3 is 0 Å². The van der Waals surface area contributed by atoms with Gasteiger partial charge in [-0.2, -0.15) is 5.26 Å². The van der Waals surface area contributed by atoms with Gasteiger partial charge in [-0.1, -0.05) is 17.8 Å². The number of amides is 2. The molecule has 192 valence electrons. The third kappa shape index (κ3) is 6.03. The van der Waals surface area contributed by atoms with Crippen molar-refractivity contribution in [3.05, 3.63) is 64.3 Å². The van der Waals surface area contributed by atoms with E-state index in [0.717, 1.165) is 31.2 Å². The number of aryl methyl sites for hydroxylation is 1. The monoisotopic (exact) mass is 536 g/mol. The number of carbonyl (C=O) groups excluding carboxylic acids is 2. The number of carbonyl (C=O) groups is 2. The lowest BCUT2D eigenvalue weighted by molar-refractivity contribution is -0.113. The summed E-state index contributed by atoms with van der Waals surface area (Å²) in [5.41, 5.74) is 2.18. The van der Waals surface area contributed by atoms with Crippen molar-refractivity contribution in [3.63, 3.8) is 0 Å². The number of allylic oxidation sites excluding steroid dienone is 1. The van der Waals surface area contributed by atoms with Crippen molar-refractivity contribution >= 4 is 39.9 Å². The number of nitriles is 1. The molecular formula is C26H28N6O3S2. The van der Waals surface area contributed by atoms with Crippen LogP contribution in [0.1, 0.15) is 58.0 Å². The average molecular weight is 537 g/mol. The van der Waals surface area contributed by atoms with Gasteiger partial charge in [-0.15, -0.1) is 28.1 Å². The highest BCUT2D eigenvalue weighted by molar-refractivity contribution is 7.99. The van der Waals surface area contributed by atoms with Crippen LogP contribution in [0, 0.1) is 11.3 Å². The first-order valence-corrected chi connectivity index (χ1v) is 13.7. The van der Waals surface area contributed by atoms with E-state index in [-0.39, 0.29) is 17.6 Å². The lowest BCUT2D eigenvalue weighted by atomic mass is 9.96. The van der Waals surface area contributed by atoms with Gasteiger partial charge in [0.05, 0.1) is 24.5 Å². The second kappa shape index (κ2) is 12.1. The Morgan fingerprint density at radius 3 is 2.76 bits per heavy atom. The van der Waals surface area contributed by atoms with Gasteiger partial charge in [0.1, 0.15) is 16.8 Å². The Morgan fingerprint density at radius 1 is 1.30 bits per heavy atom. The topological polar surface area (TPSA) is 122 Å². The Bertz CT molecular complexity index is 1340. The predicted octanol–water partition coefficient (Wildman–Crippen LogP) is 4.51. The summed E-state index contributed by atoms with van der Waals surface area (Å²) in [5.74, 6) is 0.875. The van der Waals surface area contributed by atoms with Crippen molar-refractivity contribution in [1.82, 2.24) is 20.1 Å². The maximum atomic E-state index is 12.7. The standard InChI is InChI=1S/C26H28N6O3S2/c1-4-13-32-23(16(2)28-24(34)17-9-11-18(35-3)12-10-17)30-31-26(32)36-15-22(33)29-25-20(14-27)19-7-5-6-8-21(19)37-25/h4,9-12,16H,1,5-8,13,15H2,2-3H3,(H,28,34)(H,29,33). The number of ether oxygens (including phenoxy) is 1. The number of nitrogens with one attached hydrogen (secondary N) is 2. The van der Waals surface area contributed by atoms with Gasteiger partial charge in [0, 0.05) is 17.0 Å². The molecule has 2 heterocycles. The number of methoxy groups -OCH3 is 1. The molecule has 0 saturated carbocycles. The minimum atomic E-state index is -0.430. The summed E-state index contributed by atoms with van der Waals surface area (Å²) in [6, 6.07) is 8.67. The number of aromatic nitrogens is 3. The molecule has 2 aromatic heterocycles. The Balaban J connectivity index is 1.41. The molecule has 0 saturated heterocycles. The largest absolute Gasteiger partial charge is 0.497 e.